The van der Waals surface area contributed by atoms with Gasteiger partial charge in [0.15, 0.2) is 5.60 Å². The van der Waals surface area contributed by atoms with E-state index in [1.807, 2.05) is 52.0 Å². The molecule has 3 aromatic rings. The molecule has 1 aliphatic heterocycles. The average Bonchev–Trinajstić information content (AvgIpc) is 3.16. The predicted molar refractivity (Wildman–Crippen MR) is 132 cm³/mol. The van der Waals surface area contributed by atoms with E-state index in [1.165, 1.54) is 12.1 Å². The minimum absolute atomic E-state index is 0.0000915. The highest BCUT2D eigenvalue weighted by molar-refractivity contribution is 5.99. The van der Waals surface area contributed by atoms with E-state index in [2.05, 4.69) is 0 Å². The van der Waals surface area contributed by atoms with Crippen LogP contribution >= 0.6 is 0 Å². The second-order valence-corrected chi connectivity index (χ2v) is 8.84. The summed E-state index contributed by atoms with van der Waals surface area (Å²) in [4.78, 5) is 24.9. The fourth-order valence-electron chi connectivity index (χ4n) is 5.00. The molecule has 0 aromatic heterocycles. The molecule has 0 radical (unpaired) electrons. The van der Waals surface area contributed by atoms with E-state index in [1.54, 1.807) is 6.07 Å². The summed E-state index contributed by atoms with van der Waals surface area (Å²) in [6.07, 6.45) is 2.32. The zero-order valence-corrected chi connectivity index (χ0v) is 20.4. The summed E-state index contributed by atoms with van der Waals surface area (Å²) in [7, 11) is 0. The molecular formula is C29H30O6. The van der Waals surface area contributed by atoms with Crippen LogP contribution in [0.4, 0.5) is 0 Å². The summed E-state index contributed by atoms with van der Waals surface area (Å²) >= 11 is 0. The lowest BCUT2D eigenvalue weighted by Crippen LogP contribution is -2.30. The van der Waals surface area contributed by atoms with Crippen LogP contribution in [0, 0.1) is 0 Å². The number of hydrogen-bond acceptors (Lipinski definition) is 5. The molecule has 1 aliphatic rings. The number of cyclic esters (lactones) is 1. The van der Waals surface area contributed by atoms with Crippen LogP contribution in [0.15, 0.2) is 42.5 Å². The highest BCUT2D eigenvalue weighted by Crippen LogP contribution is 2.49. The molecule has 3 N–H and O–H groups in total. The first kappa shape index (κ1) is 24.3. The van der Waals surface area contributed by atoms with Crippen LogP contribution in [0.25, 0.3) is 0 Å². The number of phenolic OH excluding ortho intramolecular Hbond substituents is 2. The lowest BCUT2D eigenvalue weighted by molar-refractivity contribution is 0.0250. The number of ether oxygens (including phenoxy) is 1. The summed E-state index contributed by atoms with van der Waals surface area (Å²) in [5, 5.41) is 31.0. The molecule has 4 rings (SSSR count). The van der Waals surface area contributed by atoms with E-state index in [0.29, 0.717) is 42.4 Å². The van der Waals surface area contributed by atoms with E-state index in [0.717, 1.165) is 22.3 Å². The highest BCUT2D eigenvalue weighted by Gasteiger charge is 2.49. The standard InChI is InChI=1S/C29H30O6/c1-5-16-11-21(12-17(6-2)25(16)30)29(22-13-18(7-3)26(31)19(8-4)14-22)24-10-9-20(27(32)33)15-23(24)28(34)35-29/h9-15,30-31H,5-8H2,1-4H3,(H,32,33). The van der Waals surface area contributed by atoms with Crippen molar-refractivity contribution in [3.63, 3.8) is 0 Å². The molecule has 0 amide bonds. The minimum Gasteiger partial charge on any atom is -0.507 e. The number of esters is 1. The first-order valence-corrected chi connectivity index (χ1v) is 12.0. The van der Waals surface area contributed by atoms with Crippen LogP contribution in [-0.4, -0.2) is 27.3 Å². The zero-order chi connectivity index (χ0) is 25.5. The second-order valence-electron chi connectivity index (χ2n) is 8.84. The van der Waals surface area contributed by atoms with Crippen molar-refractivity contribution < 1.29 is 29.6 Å². The fourth-order valence-corrected chi connectivity index (χ4v) is 5.00. The van der Waals surface area contributed by atoms with Crippen LogP contribution in [-0.2, 0) is 36.0 Å². The molecular weight excluding hydrogens is 444 g/mol. The molecule has 0 atom stereocenters. The summed E-state index contributed by atoms with van der Waals surface area (Å²) < 4.78 is 6.21. The molecule has 6 heteroatoms. The summed E-state index contributed by atoms with van der Waals surface area (Å²) in [5.74, 6) is -1.28. The molecule has 0 saturated heterocycles. The van der Waals surface area contributed by atoms with Gasteiger partial charge in [0.1, 0.15) is 11.5 Å². The maximum absolute atomic E-state index is 13.2. The number of carboxylic acid groups (broad SMARTS) is 1. The third-order valence-electron chi connectivity index (χ3n) is 6.98. The molecule has 0 aliphatic carbocycles. The lowest BCUT2D eigenvalue weighted by Gasteiger charge is -2.32. The number of phenols is 2. The number of benzene rings is 3. The van der Waals surface area contributed by atoms with Gasteiger partial charge in [-0.25, -0.2) is 9.59 Å². The summed E-state index contributed by atoms with van der Waals surface area (Å²) in [6.45, 7) is 7.79. The van der Waals surface area contributed by atoms with Crippen molar-refractivity contribution in [2.75, 3.05) is 0 Å². The molecule has 1 heterocycles. The van der Waals surface area contributed by atoms with Crippen LogP contribution in [0.3, 0.4) is 0 Å². The predicted octanol–water partition coefficient (Wildman–Crippen LogP) is 5.51. The number of carbonyl (C=O) groups is 2. The quantitative estimate of drug-likeness (QED) is 0.390. The van der Waals surface area contributed by atoms with E-state index in [-0.39, 0.29) is 22.6 Å². The summed E-state index contributed by atoms with van der Waals surface area (Å²) in [6, 6.07) is 11.9. The Morgan fingerprint density at radius 2 is 1.20 bits per heavy atom. The van der Waals surface area contributed by atoms with Gasteiger partial charge >= 0.3 is 11.9 Å². The number of carboxylic acids is 1. The van der Waals surface area contributed by atoms with Gasteiger partial charge in [-0.3, -0.25) is 0 Å². The van der Waals surface area contributed by atoms with Crippen molar-refractivity contribution in [2.45, 2.75) is 59.0 Å². The van der Waals surface area contributed by atoms with Gasteiger partial charge in [0.05, 0.1) is 11.1 Å². The average molecular weight is 475 g/mol. The van der Waals surface area contributed by atoms with Crippen LogP contribution in [0.5, 0.6) is 11.5 Å². The number of rotatable bonds is 7. The van der Waals surface area contributed by atoms with E-state index in [4.69, 9.17) is 4.74 Å². The van der Waals surface area contributed by atoms with Gasteiger partial charge in [-0.15, -0.1) is 0 Å². The molecule has 0 spiro atoms. The van der Waals surface area contributed by atoms with Crippen molar-refractivity contribution in [1.82, 2.24) is 0 Å². The maximum Gasteiger partial charge on any atom is 0.340 e. The van der Waals surface area contributed by atoms with Gasteiger partial charge in [-0.1, -0.05) is 33.8 Å². The Balaban J connectivity index is 2.14. The maximum atomic E-state index is 13.2. The van der Waals surface area contributed by atoms with Gasteiger partial charge in [0.2, 0.25) is 0 Å². The van der Waals surface area contributed by atoms with Crippen LogP contribution < -0.4 is 0 Å². The second kappa shape index (κ2) is 9.10. The fraction of sp³-hybridized carbons (Fsp3) is 0.310. The first-order valence-electron chi connectivity index (χ1n) is 12.0. The minimum atomic E-state index is -1.35. The molecule has 0 saturated carbocycles. The third-order valence-corrected chi connectivity index (χ3v) is 6.98. The van der Waals surface area contributed by atoms with Crippen molar-refractivity contribution >= 4 is 11.9 Å². The SMILES string of the molecule is CCc1cc(C2(c3cc(CC)c(O)c(CC)c3)OC(=O)c3cc(C(=O)O)ccc32)cc(CC)c1O. The Kier molecular flexibility index (Phi) is 6.32. The number of hydrogen-bond donors (Lipinski definition) is 3. The Morgan fingerprint density at radius 1 is 0.771 bits per heavy atom. The Labute approximate surface area is 204 Å². The summed E-state index contributed by atoms with van der Waals surface area (Å²) in [5.41, 5.74) is 3.66. The molecule has 6 nitrogen and oxygen atoms in total. The van der Waals surface area contributed by atoms with E-state index < -0.39 is 17.5 Å². The van der Waals surface area contributed by atoms with Crippen molar-refractivity contribution in [1.29, 1.82) is 0 Å². The Morgan fingerprint density at radius 3 is 1.57 bits per heavy atom. The number of aromatic hydroxyl groups is 2. The smallest absolute Gasteiger partial charge is 0.340 e. The van der Waals surface area contributed by atoms with Crippen molar-refractivity contribution in [2.24, 2.45) is 0 Å². The number of carbonyl (C=O) groups excluding carboxylic acids is 1. The monoisotopic (exact) mass is 474 g/mol. The van der Waals surface area contributed by atoms with Crippen molar-refractivity contribution in [3.8, 4) is 11.5 Å². The zero-order valence-electron chi connectivity index (χ0n) is 20.4. The first-order chi connectivity index (χ1) is 16.7. The Bertz CT molecular complexity index is 1230. The van der Waals surface area contributed by atoms with Crippen LogP contribution in [0.1, 0.15) is 87.4 Å². The van der Waals surface area contributed by atoms with Gasteiger partial charge in [-0.2, -0.15) is 0 Å². The van der Waals surface area contributed by atoms with E-state index in [9.17, 15) is 24.9 Å². The number of fused-ring (bicyclic) bond motifs is 1. The normalized spacial score (nSPS) is 14.0. The third kappa shape index (κ3) is 3.73. The van der Waals surface area contributed by atoms with Crippen molar-refractivity contribution in [3.05, 3.63) is 92.5 Å². The van der Waals surface area contributed by atoms with E-state index >= 15 is 0 Å². The molecule has 35 heavy (non-hydrogen) atoms. The van der Waals surface area contributed by atoms with Gasteiger partial charge in [-0.05, 0) is 84.3 Å². The number of aryl methyl sites for hydroxylation is 4. The largest absolute Gasteiger partial charge is 0.507 e. The molecule has 0 unspecified atom stereocenters. The molecule has 0 fully saturated rings. The molecule has 3 aromatic carbocycles. The lowest BCUT2D eigenvalue weighted by atomic mass is 9.77. The topological polar surface area (TPSA) is 104 Å². The molecule has 182 valence electrons. The Hall–Kier alpha value is -3.80. The van der Waals surface area contributed by atoms with Gasteiger partial charge < -0.3 is 20.1 Å². The highest BCUT2D eigenvalue weighted by atomic mass is 16.6. The number of aromatic carboxylic acids is 1. The van der Waals surface area contributed by atoms with Gasteiger partial charge in [0, 0.05) is 16.7 Å². The van der Waals surface area contributed by atoms with Gasteiger partial charge in [0.25, 0.3) is 0 Å². The molecule has 0 bridgehead atoms. The van der Waals surface area contributed by atoms with Crippen LogP contribution in [0.2, 0.25) is 0 Å².